The van der Waals surface area contributed by atoms with Gasteiger partial charge in [0.2, 0.25) is 0 Å². The lowest BCUT2D eigenvalue weighted by Crippen LogP contribution is -3.14. The Balaban J connectivity index is 1.83. The van der Waals surface area contributed by atoms with Crippen molar-refractivity contribution in [2.75, 3.05) is 47.6 Å². The van der Waals surface area contributed by atoms with Crippen LogP contribution >= 0.6 is 0 Å². The quantitative estimate of drug-likeness (QED) is 0.596. The summed E-state index contributed by atoms with van der Waals surface area (Å²) in [5, 5.41) is 10.3. The van der Waals surface area contributed by atoms with Crippen molar-refractivity contribution in [1.82, 2.24) is 0 Å². The Morgan fingerprint density at radius 2 is 1.85 bits per heavy atom. The summed E-state index contributed by atoms with van der Waals surface area (Å²) in [7, 11) is 4.20. The van der Waals surface area contributed by atoms with Crippen LogP contribution in [-0.4, -0.2) is 70.7 Å². The van der Waals surface area contributed by atoms with Gasteiger partial charge < -0.3 is 29.0 Å². The molecule has 2 N–H and O–H groups in total. The molecule has 0 radical (unpaired) electrons. The lowest BCUT2D eigenvalue weighted by molar-refractivity contribution is -0.908. The predicted molar refractivity (Wildman–Crippen MR) is 96.1 cm³/mol. The Labute approximate surface area is 159 Å². The van der Waals surface area contributed by atoms with E-state index >= 15 is 0 Å². The first-order valence-electron chi connectivity index (χ1n) is 8.97. The molecule has 0 unspecified atom stereocenters. The van der Waals surface area contributed by atoms with Crippen LogP contribution in [-0.2, 0) is 14.3 Å². The number of quaternary nitrogens is 1. The molecule has 1 saturated heterocycles. The second kappa shape index (κ2) is 10.1. The fraction of sp³-hybridized carbons (Fsp3) is 0.579. The fourth-order valence-corrected chi connectivity index (χ4v) is 3.24. The maximum Gasteiger partial charge on any atom is 0.337 e. The Morgan fingerprint density at radius 1 is 1.15 bits per heavy atom. The van der Waals surface area contributed by atoms with E-state index in [2.05, 4.69) is 4.74 Å². The van der Waals surface area contributed by atoms with E-state index in [1.54, 1.807) is 12.1 Å². The van der Waals surface area contributed by atoms with Gasteiger partial charge in [0.15, 0.2) is 11.5 Å². The van der Waals surface area contributed by atoms with Crippen molar-refractivity contribution in [2.45, 2.75) is 18.9 Å². The number of aliphatic hydroxyl groups excluding tert-OH is 1. The Hall–Kier alpha value is -2.32. The van der Waals surface area contributed by atoms with Crippen molar-refractivity contribution in [1.29, 1.82) is 0 Å². The molecule has 2 rings (SSSR count). The van der Waals surface area contributed by atoms with Crippen molar-refractivity contribution in [3.8, 4) is 11.5 Å². The number of methoxy groups -OCH3 is 3. The number of nitrogens with one attached hydrogen (secondary N) is 1. The molecule has 0 spiro atoms. The van der Waals surface area contributed by atoms with Crippen molar-refractivity contribution >= 4 is 11.9 Å². The third kappa shape index (κ3) is 5.83. The number of piperidine rings is 1. The lowest BCUT2D eigenvalue weighted by atomic mass is 9.97. The molecule has 0 saturated carbocycles. The fourth-order valence-electron chi connectivity index (χ4n) is 3.24. The van der Waals surface area contributed by atoms with E-state index in [1.165, 1.54) is 32.3 Å². The monoisotopic (exact) mass is 382 g/mol. The van der Waals surface area contributed by atoms with E-state index in [4.69, 9.17) is 14.2 Å². The van der Waals surface area contributed by atoms with Gasteiger partial charge in [-0.15, -0.1) is 0 Å². The molecule has 1 atom stereocenters. The largest absolute Gasteiger partial charge is 0.493 e. The number of esters is 2. The highest BCUT2D eigenvalue weighted by Crippen LogP contribution is 2.28. The molecule has 1 aliphatic heterocycles. The number of hydrogen-bond acceptors (Lipinski definition) is 7. The van der Waals surface area contributed by atoms with Crippen LogP contribution in [0.3, 0.4) is 0 Å². The van der Waals surface area contributed by atoms with Crippen LogP contribution in [0.2, 0.25) is 0 Å². The number of ether oxygens (including phenoxy) is 4. The van der Waals surface area contributed by atoms with Gasteiger partial charge in [0.1, 0.15) is 19.3 Å². The minimum absolute atomic E-state index is 0.0373. The van der Waals surface area contributed by atoms with Gasteiger partial charge in [-0.1, -0.05) is 0 Å². The standard InChI is InChI=1S/C19H27NO7/c1-24-17-10-14(19(23)26-3)4-5-16(17)27-12-15(21)11-20-8-6-13(7-9-20)18(22)25-2/h4-5,10,13,15,21H,6-9,11-12H2,1-3H3/p+1/t15-/m0/s1. The maximum absolute atomic E-state index is 11.6. The molecule has 27 heavy (non-hydrogen) atoms. The van der Waals surface area contributed by atoms with Crippen LogP contribution in [0.1, 0.15) is 23.2 Å². The zero-order valence-electron chi connectivity index (χ0n) is 16.0. The second-order valence-corrected chi connectivity index (χ2v) is 6.57. The molecule has 1 aromatic rings. The van der Waals surface area contributed by atoms with Gasteiger partial charge in [0.05, 0.1) is 45.9 Å². The molecule has 0 aromatic heterocycles. The summed E-state index contributed by atoms with van der Waals surface area (Å²) in [5.41, 5.74) is 0.361. The van der Waals surface area contributed by atoms with Gasteiger partial charge in [-0.2, -0.15) is 0 Å². The van der Waals surface area contributed by atoms with Gasteiger partial charge in [0, 0.05) is 12.8 Å². The lowest BCUT2D eigenvalue weighted by Gasteiger charge is -2.29. The summed E-state index contributed by atoms with van der Waals surface area (Å²) in [6, 6.07) is 4.74. The van der Waals surface area contributed by atoms with Crippen LogP contribution in [0, 0.1) is 5.92 Å². The summed E-state index contributed by atoms with van der Waals surface area (Å²) < 4.78 is 20.4. The van der Waals surface area contributed by atoms with Gasteiger partial charge in [-0.3, -0.25) is 4.79 Å². The summed E-state index contributed by atoms with van der Waals surface area (Å²) in [5.74, 6) is 0.198. The zero-order valence-corrected chi connectivity index (χ0v) is 16.0. The van der Waals surface area contributed by atoms with E-state index < -0.39 is 12.1 Å². The summed E-state index contributed by atoms with van der Waals surface area (Å²) >= 11 is 0. The minimum Gasteiger partial charge on any atom is -0.493 e. The van der Waals surface area contributed by atoms with Crippen LogP contribution in [0.15, 0.2) is 18.2 Å². The van der Waals surface area contributed by atoms with Crippen LogP contribution in [0.25, 0.3) is 0 Å². The maximum atomic E-state index is 11.6. The van der Waals surface area contributed by atoms with Gasteiger partial charge in [0.25, 0.3) is 0 Å². The molecular weight excluding hydrogens is 354 g/mol. The zero-order chi connectivity index (χ0) is 19.8. The molecule has 0 amide bonds. The highest BCUT2D eigenvalue weighted by molar-refractivity contribution is 5.90. The third-order valence-electron chi connectivity index (χ3n) is 4.77. The molecule has 150 valence electrons. The SMILES string of the molecule is COC(=O)c1ccc(OC[C@@H](O)C[NH+]2CCC(C(=O)OC)CC2)c(OC)c1. The summed E-state index contributed by atoms with van der Waals surface area (Å²) in [4.78, 5) is 24.4. The first kappa shape index (κ1) is 21.0. The average Bonchev–Trinajstić information content (AvgIpc) is 2.71. The van der Waals surface area contributed by atoms with E-state index in [9.17, 15) is 14.7 Å². The van der Waals surface area contributed by atoms with Crippen LogP contribution < -0.4 is 14.4 Å². The van der Waals surface area contributed by atoms with Crippen molar-refractivity contribution in [3.05, 3.63) is 23.8 Å². The second-order valence-electron chi connectivity index (χ2n) is 6.57. The molecule has 0 aliphatic carbocycles. The molecule has 1 aromatic carbocycles. The van der Waals surface area contributed by atoms with Crippen molar-refractivity contribution in [3.63, 3.8) is 0 Å². The van der Waals surface area contributed by atoms with Gasteiger partial charge in [-0.25, -0.2) is 4.79 Å². The number of benzene rings is 1. The average molecular weight is 382 g/mol. The smallest absolute Gasteiger partial charge is 0.337 e. The molecular formula is C19H28NO7+. The normalized spacial score (nSPS) is 20.4. The number of carbonyl (C=O) groups excluding carboxylic acids is 2. The van der Waals surface area contributed by atoms with Gasteiger partial charge >= 0.3 is 11.9 Å². The van der Waals surface area contributed by atoms with Crippen LogP contribution in [0.5, 0.6) is 11.5 Å². The van der Waals surface area contributed by atoms with E-state index in [1.807, 2.05) is 0 Å². The highest BCUT2D eigenvalue weighted by atomic mass is 16.5. The van der Waals surface area contributed by atoms with Crippen LogP contribution in [0.4, 0.5) is 0 Å². The topological polar surface area (TPSA) is 95.7 Å². The predicted octanol–water partition coefficient (Wildman–Crippen LogP) is -0.311. The highest BCUT2D eigenvalue weighted by Gasteiger charge is 2.29. The Kier molecular flexibility index (Phi) is 7.87. The molecule has 8 nitrogen and oxygen atoms in total. The number of rotatable bonds is 8. The summed E-state index contributed by atoms with van der Waals surface area (Å²) in [6.07, 6.45) is 0.872. The Morgan fingerprint density at radius 3 is 2.44 bits per heavy atom. The third-order valence-corrected chi connectivity index (χ3v) is 4.77. The van der Waals surface area contributed by atoms with E-state index in [0.717, 1.165) is 25.9 Å². The number of likely N-dealkylation sites (tertiary alicyclic amines) is 1. The molecule has 1 fully saturated rings. The molecule has 1 aliphatic rings. The van der Waals surface area contributed by atoms with Crippen molar-refractivity contribution < 1.29 is 38.5 Å². The Bertz CT molecular complexity index is 641. The number of carbonyl (C=O) groups is 2. The molecule has 0 bridgehead atoms. The first-order chi connectivity index (χ1) is 13.0. The summed E-state index contributed by atoms with van der Waals surface area (Å²) in [6.45, 7) is 2.27. The van der Waals surface area contributed by atoms with E-state index in [0.29, 0.717) is 23.6 Å². The molecule has 8 heteroatoms. The first-order valence-corrected chi connectivity index (χ1v) is 8.97. The minimum atomic E-state index is -0.653. The van der Waals surface area contributed by atoms with Crippen molar-refractivity contribution in [2.24, 2.45) is 5.92 Å². The van der Waals surface area contributed by atoms with Gasteiger partial charge in [-0.05, 0) is 18.2 Å². The number of aliphatic hydroxyl groups is 1. The van der Waals surface area contributed by atoms with E-state index in [-0.39, 0.29) is 18.5 Å². The number of hydrogen-bond donors (Lipinski definition) is 2. The molecule has 1 heterocycles.